The summed E-state index contributed by atoms with van der Waals surface area (Å²) in [6, 6.07) is 12.4. The van der Waals surface area contributed by atoms with E-state index < -0.39 is 0 Å². The summed E-state index contributed by atoms with van der Waals surface area (Å²) in [7, 11) is 1.70. The van der Waals surface area contributed by atoms with E-state index in [1.807, 2.05) is 18.2 Å². The highest BCUT2D eigenvalue weighted by molar-refractivity contribution is 6.30. The molecular formula is C19H19ClN2O. The highest BCUT2D eigenvalue weighted by atomic mass is 35.5. The highest BCUT2D eigenvalue weighted by Gasteiger charge is 2.32. The number of hydrogen-bond acceptors (Lipinski definition) is 2. The number of rotatable bonds is 3. The van der Waals surface area contributed by atoms with Gasteiger partial charge in [0.2, 0.25) is 0 Å². The Morgan fingerprint density at radius 2 is 2.09 bits per heavy atom. The Balaban J connectivity index is 1.87. The molecule has 1 aliphatic carbocycles. The molecule has 4 rings (SSSR count). The molecule has 1 aromatic heterocycles. The molecule has 0 bridgehead atoms. The summed E-state index contributed by atoms with van der Waals surface area (Å²) in [6.45, 7) is 0.648. The first-order valence-electron chi connectivity index (χ1n) is 7.86. The predicted molar refractivity (Wildman–Crippen MR) is 94.6 cm³/mol. The van der Waals surface area contributed by atoms with E-state index >= 15 is 0 Å². The molecule has 0 amide bonds. The normalized spacial score (nSPS) is 20.0. The molecule has 23 heavy (non-hydrogen) atoms. The molecule has 2 aromatic carbocycles. The van der Waals surface area contributed by atoms with Crippen molar-refractivity contribution in [3.05, 3.63) is 64.3 Å². The van der Waals surface area contributed by atoms with Gasteiger partial charge in [-0.3, -0.25) is 0 Å². The van der Waals surface area contributed by atoms with Crippen molar-refractivity contribution in [3.63, 3.8) is 0 Å². The fraction of sp³-hybridized carbons (Fsp3) is 0.263. The smallest absolute Gasteiger partial charge is 0.142 e. The van der Waals surface area contributed by atoms with Crippen molar-refractivity contribution in [1.29, 1.82) is 0 Å². The van der Waals surface area contributed by atoms with Crippen LogP contribution < -0.4 is 10.5 Å². The van der Waals surface area contributed by atoms with Crippen LogP contribution in [0.25, 0.3) is 10.9 Å². The lowest BCUT2D eigenvalue weighted by Crippen LogP contribution is -2.09. The summed E-state index contributed by atoms with van der Waals surface area (Å²) in [5.41, 5.74) is 11.0. The lowest BCUT2D eigenvalue weighted by atomic mass is 9.92. The van der Waals surface area contributed by atoms with Gasteiger partial charge >= 0.3 is 0 Å². The van der Waals surface area contributed by atoms with Crippen molar-refractivity contribution in [2.75, 3.05) is 13.7 Å². The van der Waals surface area contributed by atoms with Crippen LogP contribution in [0.15, 0.2) is 42.6 Å². The fourth-order valence-electron chi connectivity index (χ4n) is 3.88. The second kappa shape index (κ2) is 5.59. The van der Waals surface area contributed by atoms with Gasteiger partial charge < -0.3 is 15.5 Å². The zero-order valence-electron chi connectivity index (χ0n) is 13.0. The standard InChI is InChI=1S/C19H19ClN2O/c1-23-18-4-2-3-14-17(10-22-19(14)18)16-7-11(9-21)15-8-12(20)5-6-13(15)16/h2-6,8,10-11,16,22H,7,9,21H2,1H3. The first-order valence-corrected chi connectivity index (χ1v) is 8.24. The molecule has 1 aliphatic rings. The first-order chi connectivity index (χ1) is 11.2. The van der Waals surface area contributed by atoms with Crippen molar-refractivity contribution in [3.8, 4) is 5.75 Å². The van der Waals surface area contributed by atoms with Gasteiger partial charge in [0, 0.05) is 22.5 Å². The van der Waals surface area contributed by atoms with Crippen molar-refractivity contribution in [2.45, 2.75) is 18.3 Å². The Kier molecular flexibility index (Phi) is 3.55. The zero-order chi connectivity index (χ0) is 16.0. The van der Waals surface area contributed by atoms with Gasteiger partial charge in [-0.05, 0) is 53.8 Å². The van der Waals surface area contributed by atoms with Gasteiger partial charge in [-0.15, -0.1) is 0 Å². The van der Waals surface area contributed by atoms with E-state index in [1.54, 1.807) is 7.11 Å². The topological polar surface area (TPSA) is 51.0 Å². The second-order valence-electron chi connectivity index (χ2n) is 6.12. The SMILES string of the molecule is COc1cccc2c(C3CC(CN)c4cc(Cl)ccc43)c[nH]c12. The first kappa shape index (κ1) is 14.6. The molecule has 2 unspecified atom stereocenters. The fourth-order valence-corrected chi connectivity index (χ4v) is 4.06. The molecule has 1 heterocycles. The van der Waals surface area contributed by atoms with Gasteiger partial charge in [0.1, 0.15) is 5.75 Å². The summed E-state index contributed by atoms with van der Waals surface area (Å²) in [4.78, 5) is 3.38. The second-order valence-corrected chi connectivity index (χ2v) is 6.56. The molecule has 2 atom stereocenters. The van der Waals surface area contributed by atoms with Gasteiger partial charge in [0.05, 0.1) is 12.6 Å². The molecule has 3 nitrogen and oxygen atoms in total. The van der Waals surface area contributed by atoms with Crippen LogP contribution in [-0.2, 0) is 0 Å². The van der Waals surface area contributed by atoms with E-state index in [0.29, 0.717) is 18.4 Å². The van der Waals surface area contributed by atoms with Gasteiger partial charge in [-0.2, -0.15) is 0 Å². The number of fused-ring (bicyclic) bond motifs is 2. The van der Waals surface area contributed by atoms with E-state index in [4.69, 9.17) is 22.1 Å². The van der Waals surface area contributed by atoms with Crippen LogP contribution in [0.3, 0.4) is 0 Å². The summed E-state index contributed by atoms with van der Waals surface area (Å²) in [6.07, 6.45) is 3.13. The molecule has 0 saturated carbocycles. The lowest BCUT2D eigenvalue weighted by molar-refractivity contribution is 0.419. The number of methoxy groups -OCH3 is 1. The van der Waals surface area contributed by atoms with Gasteiger partial charge in [0.25, 0.3) is 0 Å². The minimum Gasteiger partial charge on any atom is -0.495 e. The van der Waals surface area contributed by atoms with Crippen LogP contribution >= 0.6 is 11.6 Å². The number of aromatic amines is 1. The molecule has 3 aromatic rings. The average molecular weight is 327 g/mol. The van der Waals surface area contributed by atoms with Crippen molar-refractivity contribution in [2.24, 2.45) is 5.73 Å². The average Bonchev–Trinajstić information content (AvgIpc) is 3.15. The van der Waals surface area contributed by atoms with Crippen LogP contribution in [0.5, 0.6) is 5.75 Å². The molecule has 118 valence electrons. The minimum atomic E-state index is 0.344. The molecule has 4 heteroatoms. The molecule has 0 radical (unpaired) electrons. The van der Waals surface area contributed by atoms with Gasteiger partial charge in [-0.25, -0.2) is 0 Å². The third-order valence-corrected chi connectivity index (χ3v) is 5.21. The maximum absolute atomic E-state index is 6.19. The molecule has 0 saturated heterocycles. The van der Waals surface area contributed by atoms with E-state index in [1.165, 1.54) is 22.1 Å². The molecule has 3 N–H and O–H groups in total. The Hall–Kier alpha value is -1.97. The number of nitrogens with one attached hydrogen (secondary N) is 1. The largest absolute Gasteiger partial charge is 0.495 e. The molecule has 0 aliphatic heterocycles. The van der Waals surface area contributed by atoms with E-state index in [9.17, 15) is 0 Å². The number of aromatic nitrogens is 1. The molecule has 0 fully saturated rings. The summed E-state index contributed by atoms with van der Waals surface area (Å²) in [5, 5.41) is 2.00. The quantitative estimate of drug-likeness (QED) is 0.749. The van der Waals surface area contributed by atoms with Crippen LogP contribution in [0.1, 0.15) is 34.9 Å². The van der Waals surface area contributed by atoms with E-state index in [0.717, 1.165) is 22.7 Å². The Labute approximate surface area is 140 Å². The van der Waals surface area contributed by atoms with Crippen molar-refractivity contribution >= 4 is 22.5 Å². The minimum absolute atomic E-state index is 0.344. The zero-order valence-corrected chi connectivity index (χ0v) is 13.7. The Bertz CT molecular complexity index is 871. The molecule has 0 spiro atoms. The number of benzene rings is 2. The van der Waals surface area contributed by atoms with Crippen LogP contribution in [-0.4, -0.2) is 18.6 Å². The summed E-state index contributed by atoms with van der Waals surface area (Å²) < 4.78 is 5.46. The van der Waals surface area contributed by atoms with Gasteiger partial charge in [0.15, 0.2) is 0 Å². The highest BCUT2D eigenvalue weighted by Crippen LogP contribution is 2.47. The number of halogens is 1. The number of hydrogen-bond donors (Lipinski definition) is 2. The number of H-pyrrole nitrogens is 1. The van der Waals surface area contributed by atoms with E-state index in [-0.39, 0.29) is 0 Å². The Morgan fingerprint density at radius 3 is 2.87 bits per heavy atom. The monoisotopic (exact) mass is 326 g/mol. The predicted octanol–water partition coefficient (Wildman–Crippen LogP) is 4.41. The van der Waals surface area contributed by atoms with Crippen LogP contribution in [0.4, 0.5) is 0 Å². The van der Waals surface area contributed by atoms with Crippen LogP contribution in [0, 0.1) is 0 Å². The third kappa shape index (κ3) is 2.23. The van der Waals surface area contributed by atoms with Gasteiger partial charge in [-0.1, -0.05) is 29.8 Å². The van der Waals surface area contributed by atoms with Crippen molar-refractivity contribution in [1.82, 2.24) is 4.98 Å². The number of nitrogens with two attached hydrogens (primary N) is 1. The summed E-state index contributed by atoms with van der Waals surface area (Å²) >= 11 is 6.19. The maximum Gasteiger partial charge on any atom is 0.142 e. The Morgan fingerprint density at radius 1 is 1.22 bits per heavy atom. The number of ether oxygens (including phenoxy) is 1. The third-order valence-electron chi connectivity index (χ3n) is 4.97. The molecular weight excluding hydrogens is 308 g/mol. The maximum atomic E-state index is 6.19. The number of para-hydroxylation sites is 1. The summed E-state index contributed by atoms with van der Waals surface area (Å²) in [5.74, 6) is 1.58. The van der Waals surface area contributed by atoms with Crippen LogP contribution in [0.2, 0.25) is 5.02 Å². The van der Waals surface area contributed by atoms with Crippen molar-refractivity contribution < 1.29 is 4.74 Å². The lowest BCUT2D eigenvalue weighted by Gasteiger charge is -2.11. The van der Waals surface area contributed by atoms with E-state index in [2.05, 4.69) is 29.4 Å².